The van der Waals surface area contributed by atoms with Crippen LogP contribution in [0.2, 0.25) is 0 Å². The predicted molar refractivity (Wildman–Crippen MR) is 67.2 cm³/mol. The third-order valence-corrected chi connectivity index (χ3v) is 2.80. The molecular weight excluding hydrogens is 240 g/mol. The lowest BCUT2D eigenvalue weighted by Gasteiger charge is -2.19. The van der Waals surface area contributed by atoms with Gasteiger partial charge >= 0.3 is 0 Å². The van der Waals surface area contributed by atoms with E-state index in [1.165, 1.54) is 12.1 Å². The van der Waals surface area contributed by atoms with Crippen LogP contribution in [0.5, 0.6) is 5.75 Å². The van der Waals surface area contributed by atoms with Crippen molar-refractivity contribution in [3.63, 3.8) is 0 Å². The molecule has 0 aliphatic rings. The SMILES string of the molecule is CC(C)(C)COc1cc(N)cc(S(N)(=O)=O)c1. The molecule has 96 valence electrons. The molecule has 0 aliphatic heterocycles. The van der Waals surface area contributed by atoms with Crippen molar-refractivity contribution in [1.29, 1.82) is 0 Å². The van der Waals surface area contributed by atoms with Gasteiger partial charge in [0.15, 0.2) is 0 Å². The second-order valence-corrected chi connectivity index (χ2v) is 6.69. The van der Waals surface area contributed by atoms with Crippen LogP contribution in [-0.4, -0.2) is 15.0 Å². The van der Waals surface area contributed by atoms with Gasteiger partial charge in [0.2, 0.25) is 10.0 Å². The van der Waals surface area contributed by atoms with Gasteiger partial charge in [0.05, 0.1) is 11.5 Å². The zero-order chi connectivity index (χ0) is 13.3. The maximum atomic E-state index is 11.2. The van der Waals surface area contributed by atoms with Crippen molar-refractivity contribution >= 4 is 15.7 Å². The average Bonchev–Trinajstić information content (AvgIpc) is 2.11. The summed E-state index contributed by atoms with van der Waals surface area (Å²) in [6.45, 7) is 6.50. The number of nitrogens with two attached hydrogens (primary N) is 2. The summed E-state index contributed by atoms with van der Waals surface area (Å²) in [7, 11) is -3.76. The molecule has 0 spiro atoms. The summed E-state index contributed by atoms with van der Waals surface area (Å²) < 4.78 is 27.9. The molecule has 1 aromatic carbocycles. The van der Waals surface area contributed by atoms with E-state index in [1.807, 2.05) is 20.8 Å². The van der Waals surface area contributed by atoms with E-state index in [1.54, 1.807) is 6.07 Å². The van der Waals surface area contributed by atoms with Crippen LogP contribution in [0.1, 0.15) is 20.8 Å². The first-order valence-corrected chi connectivity index (χ1v) is 6.69. The Bertz CT molecular complexity index is 504. The van der Waals surface area contributed by atoms with Gasteiger partial charge in [0, 0.05) is 17.8 Å². The number of benzene rings is 1. The standard InChI is InChI=1S/C11H18N2O3S/c1-11(2,3)7-16-9-4-8(12)5-10(6-9)17(13,14)15/h4-6H,7,12H2,1-3H3,(H2,13,14,15). The highest BCUT2D eigenvalue weighted by Gasteiger charge is 2.14. The van der Waals surface area contributed by atoms with E-state index in [2.05, 4.69) is 0 Å². The molecule has 6 heteroatoms. The predicted octanol–water partition coefficient (Wildman–Crippen LogP) is 1.34. The van der Waals surface area contributed by atoms with Gasteiger partial charge in [-0.05, 0) is 11.5 Å². The molecule has 1 rings (SSSR count). The Hall–Kier alpha value is -1.27. The minimum atomic E-state index is -3.76. The Morgan fingerprint density at radius 3 is 2.29 bits per heavy atom. The Balaban J connectivity index is 2.99. The van der Waals surface area contributed by atoms with Crippen LogP contribution >= 0.6 is 0 Å². The molecule has 1 aromatic rings. The number of ether oxygens (including phenoxy) is 1. The lowest BCUT2D eigenvalue weighted by atomic mass is 9.99. The molecule has 5 nitrogen and oxygen atoms in total. The fourth-order valence-electron chi connectivity index (χ4n) is 1.14. The normalized spacial score (nSPS) is 12.5. The van der Waals surface area contributed by atoms with Crippen molar-refractivity contribution in [2.45, 2.75) is 25.7 Å². The molecule has 0 aromatic heterocycles. The smallest absolute Gasteiger partial charge is 0.238 e. The summed E-state index contributed by atoms with van der Waals surface area (Å²) >= 11 is 0. The van der Waals surface area contributed by atoms with Crippen LogP contribution in [0.4, 0.5) is 5.69 Å². The minimum absolute atomic E-state index is 0.0215. The molecule has 4 N–H and O–H groups in total. The third-order valence-electron chi connectivity index (χ3n) is 1.90. The Kier molecular flexibility index (Phi) is 3.68. The van der Waals surface area contributed by atoms with E-state index in [4.69, 9.17) is 15.6 Å². The third kappa shape index (κ3) is 4.62. The zero-order valence-corrected chi connectivity index (χ0v) is 11.0. The Morgan fingerprint density at radius 2 is 1.82 bits per heavy atom. The molecule has 0 saturated heterocycles. The number of sulfonamides is 1. The van der Waals surface area contributed by atoms with E-state index >= 15 is 0 Å². The highest BCUT2D eigenvalue weighted by atomic mass is 32.2. The minimum Gasteiger partial charge on any atom is -0.493 e. The quantitative estimate of drug-likeness (QED) is 0.800. The zero-order valence-electron chi connectivity index (χ0n) is 10.2. The molecule has 0 heterocycles. The number of nitrogen functional groups attached to an aromatic ring is 1. The molecule has 0 radical (unpaired) electrons. The lowest BCUT2D eigenvalue weighted by molar-refractivity contribution is 0.197. The lowest BCUT2D eigenvalue weighted by Crippen LogP contribution is -2.17. The molecular formula is C11H18N2O3S. The summed E-state index contributed by atoms with van der Waals surface area (Å²) in [4.78, 5) is -0.0404. The maximum absolute atomic E-state index is 11.2. The van der Waals surface area contributed by atoms with Crippen molar-refractivity contribution in [2.24, 2.45) is 10.6 Å². The Morgan fingerprint density at radius 1 is 1.24 bits per heavy atom. The van der Waals surface area contributed by atoms with Gasteiger partial charge in [-0.1, -0.05) is 20.8 Å². The first-order chi connectivity index (χ1) is 7.58. The first kappa shape index (κ1) is 13.8. The molecule has 0 bridgehead atoms. The van der Waals surface area contributed by atoms with Crippen molar-refractivity contribution in [1.82, 2.24) is 0 Å². The van der Waals surface area contributed by atoms with E-state index in [9.17, 15) is 8.42 Å². The van der Waals surface area contributed by atoms with Gasteiger partial charge in [-0.15, -0.1) is 0 Å². The van der Waals surface area contributed by atoms with Crippen LogP contribution < -0.4 is 15.6 Å². The Labute approximate surface area is 102 Å². The monoisotopic (exact) mass is 258 g/mol. The number of rotatable bonds is 3. The number of primary sulfonamides is 1. The van der Waals surface area contributed by atoms with Crippen LogP contribution in [0, 0.1) is 5.41 Å². The van der Waals surface area contributed by atoms with Crippen molar-refractivity contribution < 1.29 is 13.2 Å². The highest BCUT2D eigenvalue weighted by Crippen LogP contribution is 2.23. The first-order valence-electron chi connectivity index (χ1n) is 5.14. The average molecular weight is 258 g/mol. The summed E-state index contributed by atoms with van der Waals surface area (Å²) in [5.74, 6) is 0.406. The van der Waals surface area contributed by atoms with Gasteiger partial charge in [-0.3, -0.25) is 0 Å². The summed E-state index contributed by atoms with van der Waals surface area (Å²) in [5.41, 5.74) is 5.88. The van der Waals surface area contributed by atoms with Crippen LogP contribution in [0.3, 0.4) is 0 Å². The van der Waals surface area contributed by atoms with Gasteiger partial charge in [0.25, 0.3) is 0 Å². The highest BCUT2D eigenvalue weighted by molar-refractivity contribution is 7.89. The van der Waals surface area contributed by atoms with Crippen molar-refractivity contribution in [3.05, 3.63) is 18.2 Å². The van der Waals surface area contributed by atoms with E-state index < -0.39 is 10.0 Å². The summed E-state index contributed by atoms with van der Waals surface area (Å²) in [6, 6.07) is 4.25. The molecule has 17 heavy (non-hydrogen) atoms. The largest absolute Gasteiger partial charge is 0.493 e. The van der Waals surface area contributed by atoms with Gasteiger partial charge in [0.1, 0.15) is 5.75 Å². The van der Waals surface area contributed by atoms with Crippen molar-refractivity contribution in [3.8, 4) is 5.75 Å². The van der Waals surface area contributed by atoms with Crippen molar-refractivity contribution in [2.75, 3.05) is 12.3 Å². The fraction of sp³-hybridized carbons (Fsp3) is 0.455. The topological polar surface area (TPSA) is 95.4 Å². The summed E-state index contributed by atoms with van der Waals surface area (Å²) in [5, 5.41) is 5.04. The molecule has 0 unspecified atom stereocenters. The maximum Gasteiger partial charge on any atom is 0.238 e. The fourth-order valence-corrected chi connectivity index (χ4v) is 1.72. The molecule has 0 atom stereocenters. The molecule has 0 aliphatic carbocycles. The number of anilines is 1. The van der Waals surface area contributed by atoms with E-state index in [0.717, 1.165) is 0 Å². The second kappa shape index (κ2) is 4.54. The van der Waals surface area contributed by atoms with Crippen LogP contribution in [0.25, 0.3) is 0 Å². The van der Waals surface area contributed by atoms with E-state index in [0.29, 0.717) is 18.0 Å². The number of hydrogen-bond acceptors (Lipinski definition) is 4. The van der Waals surface area contributed by atoms with Gasteiger partial charge in [-0.25, -0.2) is 13.6 Å². The van der Waals surface area contributed by atoms with Crippen LogP contribution in [0.15, 0.2) is 23.1 Å². The number of hydrogen-bond donors (Lipinski definition) is 2. The van der Waals surface area contributed by atoms with Gasteiger partial charge in [-0.2, -0.15) is 0 Å². The van der Waals surface area contributed by atoms with Crippen LogP contribution in [-0.2, 0) is 10.0 Å². The molecule has 0 saturated carbocycles. The molecule has 0 amide bonds. The summed E-state index contributed by atoms with van der Waals surface area (Å²) in [6.07, 6.45) is 0. The second-order valence-electron chi connectivity index (χ2n) is 5.13. The molecule has 0 fully saturated rings. The van der Waals surface area contributed by atoms with E-state index in [-0.39, 0.29) is 10.3 Å². The van der Waals surface area contributed by atoms with Gasteiger partial charge < -0.3 is 10.5 Å².